The Morgan fingerprint density at radius 1 is 0.657 bits per heavy atom. The molecule has 0 saturated carbocycles. The first-order valence-corrected chi connectivity index (χ1v) is 11.9. The minimum Gasteiger partial charge on any atom is -0.494 e. The molecule has 0 atom stereocenters. The molecule has 4 nitrogen and oxygen atoms in total. The second kappa shape index (κ2) is 12.2. The predicted molar refractivity (Wildman–Crippen MR) is 146 cm³/mol. The van der Waals surface area contributed by atoms with Crippen LogP contribution in [0.5, 0.6) is 11.5 Å². The maximum absolute atomic E-state index is 5.66. The maximum Gasteiger partial charge on any atom is 0.131 e. The molecular weight excluding hydrogens is 432 g/mol. The molecule has 0 fully saturated rings. The van der Waals surface area contributed by atoms with Crippen molar-refractivity contribution in [1.82, 2.24) is 0 Å². The molecule has 0 amide bonds. The van der Waals surface area contributed by atoms with Crippen molar-refractivity contribution in [3.05, 3.63) is 126 Å². The first-order chi connectivity index (χ1) is 17.2. The quantitative estimate of drug-likeness (QED) is 0.204. The third-order valence-corrected chi connectivity index (χ3v) is 5.29. The zero-order chi connectivity index (χ0) is 24.3. The van der Waals surface area contributed by atoms with Gasteiger partial charge < -0.3 is 14.8 Å². The fraction of sp³-hybridized carbons (Fsp3) is 0.129. The van der Waals surface area contributed by atoms with Gasteiger partial charge in [-0.2, -0.15) is 0 Å². The molecule has 0 spiro atoms. The first-order valence-electron chi connectivity index (χ1n) is 11.9. The standard InChI is InChI=1S/C31H30N2O2/c1-3-34-28-19-15-24(16-20-28)30(25-17-21-29(22-18-25)35-4-2)23-31(32-26-11-7-5-8-12-26)33-27-13-9-6-10-14-27/h5-23H,3-4H2,1-2H3,(H,32,33). The molecule has 0 aliphatic heterocycles. The van der Waals surface area contributed by atoms with E-state index in [4.69, 9.17) is 14.5 Å². The molecule has 0 heterocycles. The zero-order valence-corrected chi connectivity index (χ0v) is 20.1. The molecule has 4 rings (SSSR count). The Balaban J connectivity index is 1.80. The van der Waals surface area contributed by atoms with Gasteiger partial charge in [-0.3, -0.25) is 0 Å². The van der Waals surface area contributed by atoms with Crippen molar-refractivity contribution in [3.63, 3.8) is 0 Å². The first kappa shape index (κ1) is 23.8. The van der Waals surface area contributed by atoms with E-state index in [9.17, 15) is 0 Å². The van der Waals surface area contributed by atoms with Gasteiger partial charge in [0.1, 0.15) is 17.3 Å². The Kier molecular flexibility index (Phi) is 8.33. The summed E-state index contributed by atoms with van der Waals surface area (Å²) < 4.78 is 11.3. The normalized spacial score (nSPS) is 11.0. The monoisotopic (exact) mass is 462 g/mol. The Hall–Kier alpha value is -4.31. The Bertz CT molecular complexity index is 1200. The maximum atomic E-state index is 5.66. The zero-order valence-electron chi connectivity index (χ0n) is 20.1. The van der Waals surface area contributed by atoms with Gasteiger partial charge in [-0.1, -0.05) is 60.7 Å². The van der Waals surface area contributed by atoms with Gasteiger partial charge >= 0.3 is 0 Å². The van der Waals surface area contributed by atoms with E-state index < -0.39 is 0 Å². The summed E-state index contributed by atoms with van der Waals surface area (Å²) >= 11 is 0. The number of nitrogens with zero attached hydrogens (tertiary/aromatic N) is 1. The van der Waals surface area contributed by atoms with E-state index in [-0.39, 0.29) is 0 Å². The number of benzene rings is 4. The van der Waals surface area contributed by atoms with Crippen LogP contribution in [0.2, 0.25) is 0 Å². The number of hydrogen-bond donors (Lipinski definition) is 1. The van der Waals surface area contributed by atoms with Crippen molar-refractivity contribution < 1.29 is 9.47 Å². The third kappa shape index (κ3) is 6.84. The highest BCUT2D eigenvalue weighted by Gasteiger charge is 2.10. The molecule has 0 aliphatic rings. The SMILES string of the molecule is CCOc1ccc(C(=CC(=Nc2ccccc2)Nc2ccccc2)c2ccc(OCC)cc2)cc1. The lowest BCUT2D eigenvalue weighted by Crippen LogP contribution is -2.10. The van der Waals surface area contributed by atoms with Crippen LogP contribution in [-0.4, -0.2) is 19.0 Å². The number of aliphatic imine (C=N–C) groups is 1. The number of rotatable bonds is 9. The van der Waals surface area contributed by atoms with Gasteiger partial charge in [0.15, 0.2) is 0 Å². The highest BCUT2D eigenvalue weighted by Crippen LogP contribution is 2.28. The van der Waals surface area contributed by atoms with E-state index in [1.165, 1.54) is 0 Å². The molecule has 0 radical (unpaired) electrons. The summed E-state index contributed by atoms with van der Waals surface area (Å²) in [6.45, 7) is 5.24. The van der Waals surface area contributed by atoms with Gasteiger partial charge in [-0.25, -0.2) is 4.99 Å². The van der Waals surface area contributed by atoms with Crippen LogP contribution in [0.4, 0.5) is 11.4 Å². The van der Waals surface area contributed by atoms with Crippen molar-refractivity contribution in [2.45, 2.75) is 13.8 Å². The number of amidine groups is 1. The molecular formula is C31H30N2O2. The molecule has 0 aromatic heterocycles. The predicted octanol–water partition coefficient (Wildman–Crippen LogP) is 7.76. The molecule has 0 unspecified atom stereocenters. The van der Waals surface area contributed by atoms with Gasteiger partial charge in [-0.15, -0.1) is 0 Å². The lowest BCUT2D eigenvalue weighted by Gasteiger charge is -2.14. The number of ether oxygens (including phenoxy) is 2. The van der Waals surface area contributed by atoms with Crippen molar-refractivity contribution in [2.75, 3.05) is 18.5 Å². The van der Waals surface area contributed by atoms with Crippen LogP contribution in [0.25, 0.3) is 5.57 Å². The van der Waals surface area contributed by atoms with Crippen LogP contribution < -0.4 is 14.8 Å². The fourth-order valence-corrected chi connectivity index (χ4v) is 3.67. The lowest BCUT2D eigenvalue weighted by atomic mass is 9.97. The summed E-state index contributed by atoms with van der Waals surface area (Å²) in [6, 6.07) is 36.3. The Morgan fingerprint density at radius 3 is 1.63 bits per heavy atom. The van der Waals surface area contributed by atoms with Crippen LogP contribution in [-0.2, 0) is 0 Å². The topological polar surface area (TPSA) is 42.8 Å². The minimum atomic E-state index is 0.635. The second-order valence-corrected chi connectivity index (χ2v) is 7.80. The number of para-hydroxylation sites is 2. The number of hydrogen-bond acceptors (Lipinski definition) is 3. The second-order valence-electron chi connectivity index (χ2n) is 7.80. The molecule has 0 aliphatic carbocycles. The van der Waals surface area contributed by atoms with Crippen LogP contribution in [0.3, 0.4) is 0 Å². The van der Waals surface area contributed by atoms with Crippen LogP contribution >= 0.6 is 0 Å². The average Bonchev–Trinajstić information content (AvgIpc) is 2.90. The molecule has 4 aromatic rings. The fourth-order valence-electron chi connectivity index (χ4n) is 3.67. The lowest BCUT2D eigenvalue weighted by molar-refractivity contribution is 0.340. The van der Waals surface area contributed by atoms with Crippen molar-refractivity contribution in [3.8, 4) is 11.5 Å². The van der Waals surface area contributed by atoms with Crippen LogP contribution in [0.1, 0.15) is 25.0 Å². The van der Waals surface area contributed by atoms with E-state index in [0.717, 1.165) is 45.4 Å². The molecule has 4 aromatic carbocycles. The van der Waals surface area contributed by atoms with E-state index in [1.807, 2.05) is 98.8 Å². The minimum absolute atomic E-state index is 0.635. The Labute approximate surface area is 207 Å². The van der Waals surface area contributed by atoms with E-state index in [2.05, 4.69) is 35.7 Å². The summed E-state index contributed by atoms with van der Waals surface area (Å²) in [6.07, 6.45) is 2.09. The summed E-state index contributed by atoms with van der Waals surface area (Å²) in [7, 11) is 0. The molecule has 1 N–H and O–H groups in total. The van der Waals surface area contributed by atoms with Crippen molar-refractivity contribution in [1.29, 1.82) is 0 Å². The molecule has 35 heavy (non-hydrogen) atoms. The van der Waals surface area contributed by atoms with Gasteiger partial charge in [0.05, 0.1) is 18.9 Å². The van der Waals surface area contributed by atoms with E-state index in [1.54, 1.807) is 0 Å². The van der Waals surface area contributed by atoms with Gasteiger partial charge in [-0.05, 0) is 85.2 Å². The van der Waals surface area contributed by atoms with Gasteiger partial charge in [0.25, 0.3) is 0 Å². The highest BCUT2D eigenvalue weighted by atomic mass is 16.5. The van der Waals surface area contributed by atoms with E-state index in [0.29, 0.717) is 13.2 Å². The summed E-state index contributed by atoms with van der Waals surface area (Å²) in [5.41, 5.74) is 5.01. The summed E-state index contributed by atoms with van der Waals surface area (Å²) in [5, 5.41) is 3.49. The van der Waals surface area contributed by atoms with Crippen LogP contribution in [0.15, 0.2) is 120 Å². The van der Waals surface area contributed by atoms with Crippen LogP contribution in [0, 0.1) is 0 Å². The van der Waals surface area contributed by atoms with Gasteiger partial charge in [0, 0.05) is 5.69 Å². The van der Waals surface area contributed by atoms with Crippen molar-refractivity contribution in [2.24, 2.45) is 4.99 Å². The molecule has 0 bridgehead atoms. The summed E-state index contributed by atoms with van der Waals surface area (Å²) in [5.74, 6) is 2.44. The third-order valence-electron chi connectivity index (χ3n) is 5.29. The molecule has 0 saturated heterocycles. The average molecular weight is 463 g/mol. The van der Waals surface area contributed by atoms with Crippen molar-refractivity contribution >= 4 is 22.8 Å². The van der Waals surface area contributed by atoms with E-state index >= 15 is 0 Å². The summed E-state index contributed by atoms with van der Waals surface area (Å²) in [4.78, 5) is 4.92. The largest absolute Gasteiger partial charge is 0.494 e. The molecule has 176 valence electrons. The highest BCUT2D eigenvalue weighted by molar-refractivity contribution is 6.10. The molecule has 4 heteroatoms. The number of anilines is 1. The Morgan fingerprint density at radius 2 is 1.14 bits per heavy atom. The van der Waals surface area contributed by atoms with Gasteiger partial charge in [0.2, 0.25) is 0 Å². The smallest absolute Gasteiger partial charge is 0.131 e. The number of nitrogens with one attached hydrogen (secondary N) is 1.